The third-order valence-electron chi connectivity index (χ3n) is 3.87. The van der Waals surface area contributed by atoms with Gasteiger partial charge in [-0.05, 0) is 31.9 Å². The number of hydrogen-bond donors (Lipinski definition) is 1. The first-order valence-electron chi connectivity index (χ1n) is 7.61. The van der Waals surface area contributed by atoms with E-state index in [0.29, 0.717) is 6.04 Å². The molecule has 0 saturated heterocycles. The summed E-state index contributed by atoms with van der Waals surface area (Å²) in [5.41, 5.74) is 3.55. The van der Waals surface area contributed by atoms with Crippen LogP contribution in [0.15, 0.2) is 30.5 Å². The number of benzene rings is 1. The van der Waals surface area contributed by atoms with E-state index in [1.807, 2.05) is 10.9 Å². The van der Waals surface area contributed by atoms with Gasteiger partial charge >= 0.3 is 0 Å². The maximum Gasteiger partial charge on any atom is 0.0964 e. The van der Waals surface area contributed by atoms with Crippen LogP contribution in [0, 0.1) is 6.92 Å². The van der Waals surface area contributed by atoms with E-state index in [9.17, 15) is 0 Å². The van der Waals surface area contributed by atoms with Crippen LogP contribution in [0.2, 0.25) is 0 Å². The van der Waals surface area contributed by atoms with Crippen molar-refractivity contribution in [2.75, 3.05) is 18.5 Å². The van der Waals surface area contributed by atoms with Crippen molar-refractivity contribution in [3.63, 3.8) is 0 Å². The van der Waals surface area contributed by atoms with Crippen LogP contribution < -0.4 is 10.2 Å². The molecule has 1 N–H and O–H groups in total. The number of anilines is 1. The summed E-state index contributed by atoms with van der Waals surface area (Å²) in [5, 5.41) is 11.9. The first-order chi connectivity index (χ1) is 10.2. The van der Waals surface area contributed by atoms with Gasteiger partial charge < -0.3 is 10.2 Å². The van der Waals surface area contributed by atoms with E-state index in [4.69, 9.17) is 0 Å². The first kappa shape index (κ1) is 14.1. The fourth-order valence-corrected chi connectivity index (χ4v) is 2.25. The Morgan fingerprint density at radius 1 is 1.29 bits per heavy atom. The molecule has 1 heterocycles. The minimum atomic E-state index is 0.711. The van der Waals surface area contributed by atoms with Crippen LogP contribution in [0.5, 0.6) is 0 Å². The average Bonchev–Trinajstić information content (AvgIpc) is 3.21. The maximum atomic E-state index is 4.21. The third kappa shape index (κ3) is 4.04. The highest BCUT2D eigenvalue weighted by molar-refractivity contribution is 5.46. The second kappa shape index (κ2) is 6.26. The summed E-state index contributed by atoms with van der Waals surface area (Å²) in [7, 11) is 2.11. The molecular formula is C16H23N5. The topological polar surface area (TPSA) is 46.0 Å². The molecule has 5 nitrogen and oxygen atoms in total. The van der Waals surface area contributed by atoms with Gasteiger partial charge in [0.2, 0.25) is 0 Å². The Morgan fingerprint density at radius 3 is 2.76 bits per heavy atom. The van der Waals surface area contributed by atoms with Gasteiger partial charge in [-0.15, -0.1) is 5.10 Å². The van der Waals surface area contributed by atoms with Crippen molar-refractivity contribution in [3.8, 4) is 0 Å². The van der Waals surface area contributed by atoms with Gasteiger partial charge in [-0.1, -0.05) is 22.9 Å². The summed E-state index contributed by atoms with van der Waals surface area (Å²) in [6.45, 7) is 4.71. The van der Waals surface area contributed by atoms with Crippen molar-refractivity contribution in [2.24, 2.45) is 0 Å². The molecule has 0 aliphatic heterocycles. The Kier molecular flexibility index (Phi) is 4.20. The van der Waals surface area contributed by atoms with Crippen molar-refractivity contribution >= 4 is 5.69 Å². The summed E-state index contributed by atoms with van der Waals surface area (Å²) < 4.78 is 1.93. The van der Waals surface area contributed by atoms with Crippen molar-refractivity contribution in [2.45, 2.75) is 38.9 Å². The first-order valence-corrected chi connectivity index (χ1v) is 7.61. The number of aromatic nitrogens is 3. The van der Waals surface area contributed by atoms with E-state index in [0.717, 1.165) is 25.3 Å². The minimum absolute atomic E-state index is 0.711. The van der Waals surface area contributed by atoms with Crippen LogP contribution in [-0.4, -0.2) is 34.6 Å². The van der Waals surface area contributed by atoms with E-state index >= 15 is 0 Å². The lowest BCUT2D eigenvalue weighted by molar-refractivity contribution is 0.587. The van der Waals surface area contributed by atoms with Crippen molar-refractivity contribution in [1.82, 2.24) is 20.3 Å². The molecule has 2 aromatic rings. The van der Waals surface area contributed by atoms with Crippen molar-refractivity contribution < 1.29 is 0 Å². The predicted octanol–water partition coefficient (Wildman–Crippen LogP) is 1.97. The minimum Gasteiger partial charge on any atom is -0.373 e. The highest BCUT2D eigenvalue weighted by Gasteiger charge is 2.20. The molecule has 1 aliphatic rings. The highest BCUT2D eigenvalue weighted by atomic mass is 15.4. The van der Waals surface area contributed by atoms with E-state index in [1.54, 1.807) is 0 Å². The molecule has 1 saturated carbocycles. The van der Waals surface area contributed by atoms with Gasteiger partial charge in [-0.2, -0.15) is 0 Å². The molecule has 112 valence electrons. The SMILES string of the molecule is Cc1ccc(N(C)CCn2cc(CNC3CC3)nn2)cc1. The normalized spacial score (nSPS) is 14.4. The van der Waals surface area contributed by atoms with Crippen LogP contribution in [0.3, 0.4) is 0 Å². The van der Waals surface area contributed by atoms with Crippen molar-refractivity contribution in [3.05, 3.63) is 41.7 Å². The molecule has 1 fully saturated rings. The van der Waals surface area contributed by atoms with Gasteiger partial charge in [0.05, 0.1) is 12.2 Å². The molecule has 0 radical (unpaired) electrons. The Balaban J connectivity index is 1.48. The number of hydrogen-bond acceptors (Lipinski definition) is 4. The Labute approximate surface area is 126 Å². The van der Waals surface area contributed by atoms with Crippen LogP contribution in [0.25, 0.3) is 0 Å². The van der Waals surface area contributed by atoms with E-state index < -0.39 is 0 Å². The largest absolute Gasteiger partial charge is 0.373 e. The van der Waals surface area contributed by atoms with Crippen LogP contribution in [0.1, 0.15) is 24.1 Å². The number of nitrogens with one attached hydrogen (secondary N) is 1. The molecule has 0 amide bonds. The van der Waals surface area contributed by atoms with Crippen molar-refractivity contribution in [1.29, 1.82) is 0 Å². The molecule has 0 spiro atoms. The van der Waals surface area contributed by atoms with Gasteiger partial charge in [0.1, 0.15) is 0 Å². The monoisotopic (exact) mass is 285 g/mol. The molecule has 0 bridgehead atoms. The molecular weight excluding hydrogens is 262 g/mol. The fraction of sp³-hybridized carbons (Fsp3) is 0.500. The number of nitrogens with zero attached hydrogens (tertiary/aromatic N) is 4. The number of rotatable bonds is 7. The van der Waals surface area contributed by atoms with Crippen LogP contribution >= 0.6 is 0 Å². The number of aryl methyl sites for hydroxylation is 1. The Morgan fingerprint density at radius 2 is 2.05 bits per heavy atom. The second-order valence-corrected chi connectivity index (χ2v) is 5.89. The van der Waals surface area contributed by atoms with Gasteiger partial charge in [0, 0.05) is 38.1 Å². The van der Waals surface area contributed by atoms with E-state index in [1.165, 1.54) is 24.1 Å². The summed E-state index contributed by atoms with van der Waals surface area (Å²) in [6, 6.07) is 9.30. The maximum absolute atomic E-state index is 4.21. The van der Waals surface area contributed by atoms with E-state index in [2.05, 4.69) is 58.8 Å². The molecule has 1 aliphatic carbocycles. The van der Waals surface area contributed by atoms with Crippen LogP contribution in [0.4, 0.5) is 5.69 Å². The van der Waals surface area contributed by atoms with Gasteiger partial charge in [0.15, 0.2) is 0 Å². The summed E-state index contributed by atoms with van der Waals surface area (Å²) in [6.07, 6.45) is 4.64. The lowest BCUT2D eigenvalue weighted by Gasteiger charge is -2.19. The summed E-state index contributed by atoms with van der Waals surface area (Å²) in [4.78, 5) is 2.24. The highest BCUT2D eigenvalue weighted by Crippen LogP contribution is 2.18. The predicted molar refractivity (Wildman–Crippen MR) is 84.3 cm³/mol. The quantitative estimate of drug-likeness (QED) is 0.845. The molecule has 0 atom stereocenters. The molecule has 21 heavy (non-hydrogen) atoms. The summed E-state index contributed by atoms with van der Waals surface area (Å²) >= 11 is 0. The lowest BCUT2D eigenvalue weighted by Crippen LogP contribution is -2.22. The van der Waals surface area contributed by atoms with Crippen LogP contribution in [-0.2, 0) is 13.1 Å². The van der Waals surface area contributed by atoms with Gasteiger partial charge in [-0.3, -0.25) is 4.68 Å². The molecule has 1 aromatic heterocycles. The Hall–Kier alpha value is -1.88. The Bertz CT molecular complexity index is 571. The lowest BCUT2D eigenvalue weighted by atomic mass is 10.2. The van der Waals surface area contributed by atoms with E-state index in [-0.39, 0.29) is 0 Å². The fourth-order valence-electron chi connectivity index (χ4n) is 2.25. The zero-order chi connectivity index (χ0) is 14.7. The zero-order valence-electron chi connectivity index (χ0n) is 12.8. The summed E-state index contributed by atoms with van der Waals surface area (Å²) in [5.74, 6) is 0. The second-order valence-electron chi connectivity index (χ2n) is 5.89. The molecule has 0 unspecified atom stereocenters. The molecule has 3 rings (SSSR count). The zero-order valence-corrected chi connectivity index (χ0v) is 12.8. The van der Waals surface area contributed by atoms with Gasteiger partial charge in [0.25, 0.3) is 0 Å². The average molecular weight is 285 g/mol. The standard InChI is InChI=1S/C16H23N5/c1-13-3-7-16(8-4-13)20(2)9-10-21-12-15(18-19-21)11-17-14-5-6-14/h3-4,7-8,12,14,17H,5-6,9-11H2,1-2H3. The third-order valence-corrected chi connectivity index (χ3v) is 3.87. The molecule has 1 aromatic carbocycles. The molecule has 5 heteroatoms. The number of likely N-dealkylation sites (N-methyl/N-ethyl adjacent to an activating group) is 1. The van der Waals surface area contributed by atoms with Gasteiger partial charge in [-0.25, -0.2) is 0 Å². The smallest absolute Gasteiger partial charge is 0.0964 e.